The van der Waals surface area contributed by atoms with E-state index in [9.17, 15) is 0 Å². The van der Waals surface area contributed by atoms with Gasteiger partial charge in [0.2, 0.25) is 0 Å². The summed E-state index contributed by atoms with van der Waals surface area (Å²) in [5.41, 5.74) is 3.54. The number of para-hydroxylation sites is 1. The number of hydrogen-bond donors (Lipinski definition) is 1. The summed E-state index contributed by atoms with van der Waals surface area (Å²) in [7, 11) is 1.96. The van der Waals surface area contributed by atoms with Gasteiger partial charge in [0.15, 0.2) is 0 Å². The van der Waals surface area contributed by atoms with E-state index in [1.165, 1.54) is 16.5 Å². The fraction of sp³-hybridized carbons (Fsp3) is 0.176. The van der Waals surface area contributed by atoms with Crippen LogP contribution in [0.3, 0.4) is 0 Å². The van der Waals surface area contributed by atoms with Crippen LogP contribution in [0.15, 0.2) is 48.7 Å². The van der Waals surface area contributed by atoms with Gasteiger partial charge in [-0.25, -0.2) is 0 Å². The van der Waals surface area contributed by atoms with Gasteiger partial charge in [-0.05, 0) is 35.7 Å². The summed E-state index contributed by atoms with van der Waals surface area (Å²) < 4.78 is 2.22. The zero-order chi connectivity index (χ0) is 14.8. The molecule has 1 N–H and O–H groups in total. The Bertz CT molecular complexity index is 778. The van der Waals surface area contributed by atoms with E-state index in [1.807, 2.05) is 25.2 Å². The first-order chi connectivity index (χ1) is 10.2. The minimum atomic E-state index is 0.598. The summed E-state index contributed by atoms with van der Waals surface area (Å²) in [6.45, 7) is 1.55. The average molecular weight is 319 g/mol. The first-order valence-electron chi connectivity index (χ1n) is 6.85. The molecule has 1 heterocycles. The van der Waals surface area contributed by atoms with E-state index in [1.54, 1.807) is 0 Å². The minimum Gasteiger partial charge on any atom is -0.343 e. The molecule has 0 aliphatic carbocycles. The second-order valence-electron chi connectivity index (χ2n) is 5.04. The van der Waals surface area contributed by atoms with Crippen LogP contribution < -0.4 is 5.32 Å². The van der Waals surface area contributed by atoms with Gasteiger partial charge in [-0.15, -0.1) is 0 Å². The van der Waals surface area contributed by atoms with Crippen molar-refractivity contribution in [2.75, 3.05) is 7.05 Å². The Morgan fingerprint density at radius 1 is 1.00 bits per heavy atom. The maximum absolute atomic E-state index is 6.30. The molecule has 2 aromatic carbocycles. The van der Waals surface area contributed by atoms with Gasteiger partial charge in [0.05, 0.1) is 15.6 Å². The molecule has 0 fully saturated rings. The summed E-state index contributed by atoms with van der Waals surface area (Å²) >= 11 is 12.4. The van der Waals surface area contributed by atoms with Gasteiger partial charge in [0.1, 0.15) is 0 Å². The molecule has 108 valence electrons. The number of hydrogen-bond acceptors (Lipinski definition) is 1. The monoisotopic (exact) mass is 318 g/mol. The second-order valence-corrected chi connectivity index (χ2v) is 5.83. The number of aromatic nitrogens is 1. The highest BCUT2D eigenvalue weighted by molar-refractivity contribution is 6.42. The minimum absolute atomic E-state index is 0.598. The summed E-state index contributed by atoms with van der Waals surface area (Å²) in [4.78, 5) is 0. The van der Waals surface area contributed by atoms with Gasteiger partial charge in [-0.2, -0.15) is 0 Å². The molecule has 0 aliphatic rings. The normalized spacial score (nSPS) is 11.2. The third kappa shape index (κ3) is 2.80. The molecule has 1 aromatic heterocycles. The van der Waals surface area contributed by atoms with E-state index in [4.69, 9.17) is 23.2 Å². The Kier molecular flexibility index (Phi) is 4.20. The molecule has 3 aromatic rings. The number of halogens is 2. The number of fused-ring (bicyclic) bond motifs is 1. The van der Waals surface area contributed by atoms with Crippen LogP contribution in [-0.2, 0) is 13.1 Å². The van der Waals surface area contributed by atoms with Crippen LogP contribution in [0, 0.1) is 0 Å². The lowest BCUT2D eigenvalue weighted by Crippen LogP contribution is -2.08. The molecule has 0 unspecified atom stereocenters. The SMILES string of the molecule is CNCc1cccc2ccn(Cc3cccc(Cl)c3Cl)c12. The lowest BCUT2D eigenvalue weighted by Gasteiger charge is -2.11. The standard InChI is InChI=1S/C17H16Cl2N2/c1-20-10-13-5-2-4-12-8-9-21(17(12)13)11-14-6-3-7-15(18)16(14)19/h2-9,20H,10-11H2,1H3. The lowest BCUT2D eigenvalue weighted by atomic mass is 10.1. The maximum atomic E-state index is 6.30. The lowest BCUT2D eigenvalue weighted by molar-refractivity contribution is 0.796. The van der Waals surface area contributed by atoms with Crippen molar-refractivity contribution in [1.82, 2.24) is 9.88 Å². The Hall–Kier alpha value is -1.48. The highest BCUT2D eigenvalue weighted by Gasteiger charge is 2.09. The van der Waals surface area contributed by atoms with Crippen LogP contribution in [0.25, 0.3) is 10.9 Å². The molecule has 0 bridgehead atoms. The Morgan fingerprint density at radius 3 is 2.57 bits per heavy atom. The van der Waals surface area contributed by atoms with Gasteiger partial charge < -0.3 is 9.88 Å². The van der Waals surface area contributed by atoms with Crippen LogP contribution in [0.2, 0.25) is 10.0 Å². The Labute approximate surface area is 134 Å². The van der Waals surface area contributed by atoms with Crippen LogP contribution >= 0.6 is 23.2 Å². The van der Waals surface area contributed by atoms with E-state index >= 15 is 0 Å². The summed E-state index contributed by atoms with van der Waals surface area (Å²) in [6.07, 6.45) is 2.10. The van der Waals surface area contributed by atoms with Crippen LogP contribution in [0.4, 0.5) is 0 Å². The highest BCUT2D eigenvalue weighted by atomic mass is 35.5. The first kappa shape index (κ1) is 14.5. The van der Waals surface area contributed by atoms with Gasteiger partial charge in [0.25, 0.3) is 0 Å². The van der Waals surface area contributed by atoms with E-state index in [-0.39, 0.29) is 0 Å². The Balaban J connectivity index is 2.06. The molecule has 0 aliphatic heterocycles. The zero-order valence-corrected chi connectivity index (χ0v) is 13.2. The molecule has 0 radical (unpaired) electrons. The van der Waals surface area contributed by atoms with Crippen molar-refractivity contribution in [2.45, 2.75) is 13.1 Å². The smallest absolute Gasteiger partial charge is 0.0642 e. The van der Waals surface area contributed by atoms with Crippen molar-refractivity contribution >= 4 is 34.1 Å². The molecule has 0 saturated heterocycles. The van der Waals surface area contributed by atoms with Crippen molar-refractivity contribution in [1.29, 1.82) is 0 Å². The van der Waals surface area contributed by atoms with Crippen LogP contribution in [0.5, 0.6) is 0 Å². The molecular formula is C17H16Cl2N2. The van der Waals surface area contributed by atoms with E-state index < -0.39 is 0 Å². The van der Waals surface area contributed by atoms with Crippen molar-refractivity contribution < 1.29 is 0 Å². The summed E-state index contributed by atoms with van der Waals surface area (Å²) in [5, 5.41) is 5.68. The van der Waals surface area contributed by atoms with E-state index in [0.717, 1.165) is 12.1 Å². The van der Waals surface area contributed by atoms with Crippen molar-refractivity contribution in [2.24, 2.45) is 0 Å². The molecule has 0 amide bonds. The van der Waals surface area contributed by atoms with Crippen molar-refractivity contribution in [3.05, 3.63) is 69.8 Å². The van der Waals surface area contributed by atoms with Gasteiger partial charge >= 0.3 is 0 Å². The summed E-state index contributed by atoms with van der Waals surface area (Å²) in [6, 6.07) is 14.3. The Morgan fingerprint density at radius 2 is 1.76 bits per heavy atom. The molecule has 2 nitrogen and oxygen atoms in total. The predicted molar refractivity (Wildman–Crippen MR) is 90.3 cm³/mol. The third-order valence-electron chi connectivity index (χ3n) is 3.61. The predicted octanol–water partition coefficient (Wildman–Crippen LogP) is 4.72. The van der Waals surface area contributed by atoms with E-state index in [0.29, 0.717) is 16.6 Å². The van der Waals surface area contributed by atoms with Crippen LogP contribution in [-0.4, -0.2) is 11.6 Å². The topological polar surface area (TPSA) is 17.0 Å². The largest absolute Gasteiger partial charge is 0.343 e. The summed E-state index contributed by atoms with van der Waals surface area (Å²) in [5.74, 6) is 0. The van der Waals surface area contributed by atoms with Gasteiger partial charge in [0, 0.05) is 19.3 Å². The third-order valence-corrected chi connectivity index (χ3v) is 4.47. The molecule has 0 saturated carbocycles. The first-order valence-corrected chi connectivity index (χ1v) is 7.60. The molecule has 0 atom stereocenters. The van der Waals surface area contributed by atoms with Gasteiger partial charge in [-0.3, -0.25) is 0 Å². The van der Waals surface area contributed by atoms with Crippen molar-refractivity contribution in [3.8, 4) is 0 Å². The van der Waals surface area contributed by atoms with Gasteiger partial charge in [-0.1, -0.05) is 53.5 Å². The molecule has 3 rings (SSSR count). The fourth-order valence-electron chi connectivity index (χ4n) is 2.66. The molecule has 0 spiro atoms. The second kappa shape index (κ2) is 6.10. The highest BCUT2D eigenvalue weighted by Crippen LogP contribution is 2.28. The molecule has 21 heavy (non-hydrogen) atoms. The number of nitrogens with zero attached hydrogens (tertiary/aromatic N) is 1. The van der Waals surface area contributed by atoms with Crippen molar-refractivity contribution in [3.63, 3.8) is 0 Å². The van der Waals surface area contributed by atoms with Crippen LogP contribution in [0.1, 0.15) is 11.1 Å². The fourth-order valence-corrected chi connectivity index (χ4v) is 3.04. The maximum Gasteiger partial charge on any atom is 0.0642 e. The number of benzene rings is 2. The molecular weight excluding hydrogens is 303 g/mol. The average Bonchev–Trinajstić information content (AvgIpc) is 2.89. The number of nitrogens with one attached hydrogen (secondary N) is 1. The molecule has 4 heteroatoms. The number of rotatable bonds is 4. The zero-order valence-electron chi connectivity index (χ0n) is 11.7. The van der Waals surface area contributed by atoms with E-state index in [2.05, 4.69) is 40.3 Å². The quantitative estimate of drug-likeness (QED) is 0.736.